The number of nitrogens with zero attached hydrogens (tertiary/aromatic N) is 5. The Bertz CT molecular complexity index is 2030. The fourth-order valence-corrected chi connectivity index (χ4v) is 8.82. The first-order valence-electron chi connectivity index (χ1n) is 20.2. The van der Waals surface area contributed by atoms with Crippen LogP contribution in [0.3, 0.4) is 0 Å². The summed E-state index contributed by atoms with van der Waals surface area (Å²) in [7, 11) is 6.76. The number of carbonyl (C=O) groups excluding carboxylic acids is 4. The van der Waals surface area contributed by atoms with Crippen LogP contribution in [0.25, 0.3) is 33.6 Å². The molecule has 4 aromatic rings. The number of H-pyrrole nitrogens is 2. The van der Waals surface area contributed by atoms with Gasteiger partial charge in [0.1, 0.15) is 23.7 Å². The van der Waals surface area contributed by atoms with Gasteiger partial charge in [-0.2, -0.15) is 0 Å². The summed E-state index contributed by atoms with van der Waals surface area (Å²) in [5, 5.41) is 5.43. The zero-order valence-electron chi connectivity index (χ0n) is 34.6. The molecule has 308 valence electrons. The molecule has 4 amide bonds. The second-order valence-corrected chi connectivity index (χ2v) is 16.4. The molecular formula is C43H55N9O6. The zero-order chi connectivity index (χ0) is 41.4. The third-order valence-corrected chi connectivity index (χ3v) is 11.8. The van der Waals surface area contributed by atoms with E-state index in [9.17, 15) is 19.2 Å². The second kappa shape index (κ2) is 16.6. The molecule has 0 spiro atoms. The van der Waals surface area contributed by atoms with Crippen LogP contribution in [-0.4, -0.2) is 112 Å². The van der Waals surface area contributed by atoms with Gasteiger partial charge in [0.15, 0.2) is 0 Å². The monoisotopic (exact) mass is 793 g/mol. The third-order valence-electron chi connectivity index (χ3n) is 11.8. The number of hydrogen-bond donors (Lipinski definition) is 4. The van der Waals surface area contributed by atoms with Gasteiger partial charge < -0.3 is 39.9 Å². The number of ether oxygens (including phenoxy) is 2. The number of benzene rings is 2. The van der Waals surface area contributed by atoms with E-state index in [0.29, 0.717) is 13.1 Å². The molecule has 1 aliphatic carbocycles. The number of hydrogen-bond acceptors (Lipinski definition) is 9. The summed E-state index contributed by atoms with van der Waals surface area (Å²) < 4.78 is 9.58. The minimum atomic E-state index is -0.700. The first kappa shape index (κ1) is 40.5. The van der Waals surface area contributed by atoms with Gasteiger partial charge in [-0.15, -0.1) is 0 Å². The molecule has 2 aliphatic heterocycles. The van der Waals surface area contributed by atoms with Crippen LogP contribution >= 0.6 is 0 Å². The van der Waals surface area contributed by atoms with Gasteiger partial charge in [0.25, 0.3) is 0 Å². The summed E-state index contributed by atoms with van der Waals surface area (Å²) in [4.78, 5) is 74.0. The number of alkyl carbamates (subject to hydrolysis) is 2. The van der Waals surface area contributed by atoms with Crippen molar-refractivity contribution in [1.29, 1.82) is 0 Å². The Morgan fingerprint density at radius 3 is 1.48 bits per heavy atom. The van der Waals surface area contributed by atoms with Gasteiger partial charge in [0.2, 0.25) is 11.8 Å². The van der Waals surface area contributed by atoms with E-state index in [4.69, 9.17) is 19.4 Å². The van der Waals surface area contributed by atoms with Crippen molar-refractivity contribution >= 4 is 24.0 Å². The quantitative estimate of drug-likeness (QED) is 0.138. The molecule has 0 bridgehead atoms. The van der Waals surface area contributed by atoms with Gasteiger partial charge in [-0.3, -0.25) is 14.5 Å². The Hall–Kier alpha value is -5.70. The number of rotatable bonds is 11. The molecule has 4 heterocycles. The fourth-order valence-electron chi connectivity index (χ4n) is 8.82. The number of imidazole rings is 2. The molecule has 0 unspecified atom stereocenters. The predicted octanol–water partition coefficient (Wildman–Crippen LogP) is 6.19. The molecular weight excluding hydrogens is 739 g/mol. The van der Waals surface area contributed by atoms with Gasteiger partial charge >= 0.3 is 12.2 Å². The van der Waals surface area contributed by atoms with E-state index in [0.717, 1.165) is 59.8 Å². The standard InChI is InChI=1S/C43H55N9O6/c1-23(2)35(48-42(55)57-7)40(53)51-17-9-11-33(51)38-44-21-31(46-38)25-13-15-27-28-16-14-26(20-30(28)37(50(5)6)29(27)19-25)32-22-45-39(47-32)34-12-10-18-52(34)41(54)36(24(3)4)49-43(56)58-8/h13-16,19-24,33-37H,9-12,17-18H2,1-8H3,(H,44,46)(H,45,47)(H,48,55)(H,49,56)/t33-,34-,35-,36-/m0/s1. The summed E-state index contributed by atoms with van der Waals surface area (Å²) in [6.07, 6.45) is 5.64. The summed E-state index contributed by atoms with van der Waals surface area (Å²) in [6.45, 7) is 8.80. The van der Waals surface area contributed by atoms with Crippen LogP contribution in [0.5, 0.6) is 0 Å². The lowest BCUT2D eigenvalue weighted by Gasteiger charge is -2.30. The van der Waals surface area contributed by atoms with Gasteiger partial charge in [-0.25, -0.2) is 19.6 Å². The SMILES string of the molecule is COC(=O)N[C@H](C(=O)N1CCC[C@H]1c1ncc(-c2ccc3c(c2)C(N(C)C)c2cc(-c4cnc([C@@H]5CCCN5C(=O)[C@@H](NC(=O)OC)C(C)C)[nH]4)ccc2-3)[nH]1)C(C)C. The normalized spacial score (nSPS) is 18.7. The van der Waals surface area contributed by atoms with Gasteiger partial charge in [-0.05, 0) is 97.1 Å². The lowest BCUT2D eigenvalue weighted by atomic mass is 10.00. The number of nitrogens with one attached hydrogen (secondary N) is 4. The lowest BCUT2D eigenvalue weighted by Crippen LogP contribution is -2.51. The van der Waals surface area contributed by atoms with E-state index in [1.54, 1.807) is 0 Å². The molecule has 2 aromatic carbocycles. The Morgan fingerprint density at radius 1 is 0.707 bits per heavy atom. The number of aromatic nitrogens is 4. The Morgan fingerprint density at radius 2 is 1.12 bits per heavy atom. The van der Waals surface area contributed by atoms with Crippen LogP contribution in [0.2, 0.25) is 0 Å². The third kappa shape index (κ3) is 7.66. The number of methoxy groups -OCH3 is 2. The summed E-state index contributed by atoms with van der Waals surface area (Å²) >= 11 is 0. The van der Waals surface area contributed by atoms with Crippen molar-refractivity contribution in [3.05, 3.63) is 71.6 Å². The van der Waals surface area contributed by atoms with Crippen molar-refractivity contribution in [1.82, 2.24) is 45.3 Å². The molecule has 0 saturated carbocycles. The van der Waals surface area contributed by atoms with Crippen molar-refractivity contribution in [3.8, 4) is 33.6 Å². The highest BCUT2D eigenvalue weighted by molar-refractivity contribution is 5.88. The minimum Gasteiger partial charge on any atom is -0.453 e. The fraction of sp³-hybridized carbons (Fsp3) is 0.488. The van der Waals surface area contributed by atoms with Crippen LogP contribution in [0.15, 0.2) is 48.8 Å². The molecule has 7 rings (SSSR count). The van der Waals surface area contributed by atoms with E-state index in [1.807, 2.05) is 49.9 Å². The lowest BCUT2D eigenvalue weighted by molar-refractivity contribution is -0.136. The summed E-state index contributed by atoms with van der Waals surface area (Å²) in [6, 6.07) is 11.1. The van der Waals surface area contributed by atoms with Crippen molar-refractivity contribution in [2.24, 2.45) is 11.8 Å². The summed E-state index contributed by atoms with van der Waals surface area (Å²) in [5.41, 5.74) is 8.42. The van der Waals surface area contributed by atoms with E-state index in [-0.39, 0.29) is 41.8 Å². The molecule has 58 heavy (non-hydrogen) atoms. The van der Waals surface area contributed by atoms with Crippen LogP contribution in [0.1, 0.15) is 94.3 Å². The number of carbonyl (C=O) groups is 4. The Balaban J connectivity index is 1.11. The first-order valence-corrected chi connectivity index (χ1v) is 20.2. The molecule has 2 aromatic heterocycles. The van der Waals surface area contributed by atoms with E-state index in [1.165, 1.54) is 36.5 Å². The minimum absolute atomic E-state index is 0.00821. The highest BCUT2D eigenvalue weighted by Gasteiger charge is 2.39. The molecule has 15 nitrogen and oxygen atoms in total. The van der Waals surface area contributed by atoms with Crippen LogP contribution < -0.4 is 10.6 Å². The largest absolute Gasteiger partial charge is 0.453 e. The highest BCUT2D eigenvalue weighted by Crippen LogP contribution is 2.48. The number of fused-ring (bicyclic) bond motifs is 3. The van der Waals surface area contributed by atoms with Crippen molar-refractivity contribution in [2.75, 3.05) is 41.4 Å². The van der Waals surface area contributed by atoms with Gasteiger partial charge in [0.05, 0.1) is 56.1 Å². The molecule has 15 heteroatoms. The van der Waals surface area contributed by atoms with E-state index in [2.05, 4.69) is 76.0 Å². The average Bonchev–Trinajstić information content (AvgIpc) is 4.05. The van der Waals surface area contributed by atoms with Crippen LogP contribution in [0, 0.1) is 11.8 Å². The van der Waals surface area contributed by atoms with Gasteiger partial charge in [0, 0.05) is 13.1 Å². The first-order chi connectivity index (χ1) is 27.8. The van der Waals surface area contributed by atoms with E-state index >= 15 is 0 Å². The van der Waals surface area contributed by atoms with Crippen molar-refractivity contribution < 1.29 is 28.7 Å². The second-order valence-electron chi connectivity index (χ2n) is 16.4. The maximum Gasteiger partial charge on any atom is 0.407 e. The summed E-state index contributed by atoms with van der Waals surface area (Å²) in [5.74, 6) is 0.930. The molecule has 3 aliphatic rings. The smallest absolute Gasteiger partial charge is 0.407 e. The van der Waals surface area contributed by atoms with Crippen LogP contribution in [0.4, 0.5) is 9.59 Å². The molecule has 2 fully saturated rings. The predicted molar refractivity (Wildman–Crippen MR) is 218 cm³/mol. The molecule has 4 atom stereocenters. The number of likely N-dealkylation sites (tertiary alicyclic amines) is 2. The molecule has 0 radical (unpaired) electrons. The highest BCUT2D eigenvalue weighted by atomic mass is 16.5. The van der Waals surface area contributed by atoms with Crippen molar-refractivity contribution in [2.45, 2.75) is 83.6 Å². The zero-order valence-corrected chi connectivity index (χ0v) is 34.6. The Labute approximate surface area is 339 Å². The van der Waals surface area contributed by atoms with Crippen molar-refractivity contribution in [3.63, 3.8) is 0 Å². The van der Waals surface area contributed by atoms with Gasteiger partial charge in [-0.1, -0.05) is 52.0 Å². The number of amides is 4. The van der Waals surface area contributed by atoms with Crippen LogP contribution in [-0.2, 0) is 19.1 Å². The average molecular weight is 794 g/mol. The maximum absolute atomic E-state index is 13.7. The number of aromatic amines is 2. The molecule has 2 saturated heterocycles. The Kier molecular flexibility index (Phi) is 11.6. The topological polar surface area (TPSA) is 178 Å². The molecule has 4 N–H and O–H groups in total. The van der Waals surface area contributed by atoms with E-state index < -0.39 is 24.3 Å². The maximum atomic E-state index is 13.7.